The fourth-order valence-electron chi connectivity index (χ4n) is 2.91. The summed E-state index contributed by atoms with van der Waals surface area (Å²) in [7, 11) is 6.08. The molecule has 0 aliphatic heterocycles. The highest BCUT2D eigenvalue weighted by Crippen LogP contribution is 2.36. The maximum absolute atomic E-state index is 5.25. The number of imidazole rings is 1. The Bertz CT molecular complexity index is 437. The Kier molecular flexibility index (Phi) is 4.70. The van der Waals surface area contributed by atoms with E-state index in [-0.39, 0.29) is 0 Å². The van der Waals surface area contributed by atoms with Crippen molar-refractivity contribution in [1.82, 2.24) is 14.5 Å². The van der Waals surface area contributed by atoms with Gasteiger partial charge in [-0.25, -0.2) is 4.98 Å². The molecule has 0 saturated heterocycles. The van der Waals surface area contributed by atoms with E-state index < -0.39 is 0 Å². The second kappa shape index (κ2) is 6.14. The van der Waals surface area contributed by atoms with Gasteiger partial charge in [-0.3, -0.25) is 0 Å². The van der Waals surface area contributed by atoms with Gasteiger partial charge in [0.2, 0.25) is 5.95 Å². The molecule has 1 aliphatic rings. The van der Waals surface area contributed by atoms with Crippen LogP contribution in [0, 0.1) is 6.92 Å². The lowest BCUT2D eigenvalue weighted by atomic mass is 9.75. The molecule has 0 spiro atoms. The van der Waals surface area contributed by atoms with Gasteiger partial charge >= 0.3 is 0 Å². The number of likely N-dealkylation sites (N-methyl/N-ethyl adjacent to an activating group) is 1. The van der Waals surface area contributed by atoms with Gasteiger partial charge in [0.05, 0.1) is 18.3 Å². The molecule has 114 valence electrons. The van der Waals surface area contributed by atoms with Crippen LogP contribution in [0.4, 0.5) is 5.95 Å². The van der Waals surface area contributed by atoms with Gasteiger partial charge in [-0.2, -0.15) is 0 Å². The van der Waals surface area contributed by atoms with Crippen molar-refractivity contribution < 1.29 is 4.74 Å². The fourth-order valence-corrected chi connectivity index (χ4v) is 2.91. The van der Waals surface area contributed by atoms with Crippen molar-refractivity contribution in [3.63, 3.8) is 0 Å². The van der Waals surface area contributed by atoms with Crippen LogP contribution in [0.3, 0.4) is 0 Å². The topological polar surface area (TPSA) is 42.3 Å². The first-order chi connectivity index (χ1) is 9.48. The Morgan fingerprint density at radius 2 is 2.20 bits per heavy atom. The van der Waals surface area contributed by atoms with Crippen molar-refractivity contribution in [3.8, 4) is 0 Å². The molecule has 5 nitrogen and oxygen atoms in total. The number of aryl methyl sites for hydroxylation is 1. The van der Waals surface area contributed by atoms with Crippen molar-refractivity contribution in [1.29, 1.82) is 0 Å². The van der Waals surface area contributed by atoms with E-state index in [2.05, 4.69) is 47.0 Å². The number of nitrogens with one attached hydrogen (secondary N) is 1. The Labute approximate surface area is 122 Å². The molecule has 0 bridgehead atoms. The number of ether oxygens (including phenoxy) is 1. The molecular weight excluding hydrogens is 252 g/mol. The number of hydrogen-bond donors (Lipinski definition) is 1. The van der Waals surface area contributed by atoms with Crippen molar-refractivity contribution in [3.05, 3.63) is 11.9 Å². The van der Waals surface area contributed by atoms with E-state index in [1.54, 1.807) is 7.11 Å². The summed E-state index contributed by atoms with van der Waals surface area (Å²) in [6, 6.07) is 0.292. The first kappa shape index (κ1) is 15.3. The zero-order chi connectivity index (χ0) is 14.8. The van der Waals surface area contributed by atoms with E-state index in [1.807, 2.05) is 6.92 Å². The van der Waals surface area contributed by atoms with E-state index in [9.17, 15) is 0 Å². The molecule has 1 saturated carbocycles. The number of aromatic nitrogens is 2. The molecule has 1 heterocycles. The number of methoxy groups -OCH3 is 1. The minimum Gasteiger partial charge on any atom is -0.383 e. The average Bonchev–Trinajstić information content (AvgIpc) is 2.69. The third-order valence-electron chi connectivity index (χ3n) is 4.54. The van der Waals surface area contributed by atoms with Crippen LogP contribution in [-0.2, 0) is 4.74 Å². The Balaban J connectivity index is 2.05. The quantitative estimate of drug-likeness (QED) is 0.832. The highest BCUT2D eigenvalue weighted by molar-refractivity contribution is 5.31. The van der Waals surface area contributed by atoms with Crippen LogP contribution in [0.2, 0.25) is 0 Å². The van der Waals surface area contributed by atoms with Crippen LogP contribution >= 0.6 is 0 Å². The summed E-state index contributed by atoms with van der Waals surface area (Å²) in [6.45, 7) is 5.84. The number of hydrogen-bond acceptors (Lipinski definition) is 4. The first-order valence-corrected chi connectivity index (χ1v) is 7.44. The number of nitrogens with zero attached hydrogens (tertiary/aromatic N) is 3. The van der Waals surface area contributed by atoms with Gasteiger partial charge in [0.15, 0.2) is 0 Å². The predicted octanol–water partition coefficient (Wildman–Crippen LogP) is 2.30. The average molecular weight is 280 g/mol. The van der Waals surface area contributed by atoms with Gasteiger partial charge in [0.1, 0.15) is 0 Å². The van der Waals surface area contributed by atoms with Gasteiger partial charge in [-0.1, -0.05) is 0 Å². The molecule has 1 fully saturated rings. The lowest BCUT2D eigenvalue weighted by Crippen LogP contribution is -2.54. The SMILES string of the molecule is COCC(C)n1cc(C)nc1NCC1(N(C)C)CCC1. The van der Waals surface area contributed by atoms with Crippen LogP contribution in [0.15, 0.2) is 6.20 Å². The summed E-state index contributed by atoms with van der Waals surface area (Å²) in [4.78, 5) is 6.96. The normalized spacial score (nSPS) is 18.9. The van der Waals surface area contributed by atoms with Crippen molar-refractivity contribution >= 4 is 5.95 Å². The Morgan fingerprint density at radius 1 is 1.50 bits per heavy atom. The number of rotatable bonds is 7. The van der Waals surface area contributed by atoms with Gasteiger partial charge in [-0.05, 0) is 47.2 Å². The standard InChI is InChI=1S/C15H28N4O/c1-12-9-19(13(2)10-20-5)14(17-12)16-11-15(18(3)4)7-6-8-15/h9,13H,6-8,10-11H2,1-5H3,(H,16,17). The zero-order valence-corrected chi connectivity index (χ0v) is 13.4. The molecule has 0 amide bonds. The second-order valence-electron chi connectivity index (χ2n) is 6.24. The molecule has 2 rings (SSSR count). The Morgan fingerprint density at radius 3 is 2.70 bits per heavy atom. The molecular formula is C15H28N4O. The van der Waals surface area contributed by atoms with E-state index >= 15 is 0 Å². The highest BCUT2D eigenvalue weighted by atomic mass is 16.5. The van der Waals surface area contributed by atoms with Crippen molar-refractivity contribution in [2.45, 2.75) is 44.7 Å². The highest BCUT2D eigenvalue weighted by Gasteiger charge is 2.39. The summed E-state index contributed by atoms with van der Waals surface area (Å²) in [5.41, 5.74) is 1.35. The van der Waals surface area contributed by atoms with E-state index in [4.69, 9.17) is 4.74 Å². The molecule has 0 aromatic carbocycles. The van der Waals surface area contributed by atoms with Gasteiger partial charge in [0.25, 0.3) is 0 Å². The molecule has 5 heteroatoms. The molecule has 1 unspecified atom stereocenters. The summed E-state index contributed by atoms with van der Waals surface area (Å²) in [6.07, 6.45) is 5.95. The Hall–Kier alpha value is -1.07. The van der Waals surface area contributed by atoms with Crippen LogP contribution < -0.4 is 5.32 Å². The second-order valence-corrected chi connectivity index (χ2v) is 6.24. The minimum atomic E-state index is 0.292. The molecule has 0 radical (unpaired) electrons. The van der Waals surface area contributed by atoms with Crippen LogP contribution in [0.1, 0.15) is 37.9 Å². The lowest BCUT2D eigenvalue weighted by Gasteiger charge is -2.47. The van der Waals surface area contributed by atoms with Gasteiger partial charge in [-0.15, -0.1) is 0 Å². The molecule has 20 heavy (non-hydrogen) atoms. The molecule has 1 aromatic heterocycles. The molecule has 1 atom stereocenters. The molecule has 1 N–H and O–H groups in total. The predicted molar refractivity (Wildman–Crippen MR) is 82.3 cm³/mol. The summed E-state index contributed by atoms with van der Waals surface area (Å²) in [5.74, 6) is 0.958. The minimum absolute atomic E-state index is 0.292. The zero-order valence-electron chi connectivity index (χ0n) is 13.4. The van der Waals surface area contributed by atoms with Crippen molar-refractivity contribution in [2.24, 2.45) is 0 Å². The van der Waals surface area contributed by atoms with Crippen LogP contribution in [-0.4, -0.2) is 54.3 Å². The van der Waals surface area contributed by atoms with Crippen molar-refractivity contribution in [2.75, 3.05) is 39.7 Å². The molecule has 1 aliphatic carbocycles. The maximum Gasteiger partial charge on any atom is 0.203 e. The van der Waals surface area contributed by atoms with E-state index in [0.29, 0.717) is 18.2 Å². The number of anilines is 1. The lowest BCUT2D eigenvalue weighted by molar-refractivity contribution is 0.0735. The van der Waals surface area contributed by atoms with Gasteiger partial charge in [0, 0.05) is 25.4 Å². The van der Waals surface area contributed by atoms with E-state index in [0.717, 1.165) is 18.2 Å². The largest absolute Gasteiger partial charge is 0.383 e. The third-order valence-corrected chi connectivity index (χ3v) is 4.54. The third kappa shape index (κ3) is 2.99. The van der Waals surface area contributed by atoms with E-state index in [1.165, 1.54) is 19.3 Å². The monoisotopic (exact) mass is 280 g/mol. The summed E-state index contributed by atoms with van der Waals surface area (Å²) >= 11 is 0. The van der Waals surface area contributed by atoms with Crippen LogP contribution in [0.5, 0.6) is 0 Å². The maximum atomic E-state index is 5.25. The van der Waals surface area contributed by atoms with Gasteiger partial charge < -0.3 is 19.5 Å². The first-order valence-electron chi connectivity index (χ1n) is 7.44. The van der Waals surface area contributed by atoms with Crippen LogP contribution in [0.25, 0.3) is 0 Å². The summed E-state index contributed by atoms with van der Waals surface area (Å²) in [5, 5.41) is 3.55. The molecule has 1 aromatic rings. The smallest absolute Gasteiger partial charge is 0.203 e. The summed E-state index contributed by atoms with van der Waals surface area (Å²) < 4.78 is 7.44. The fraction of sp³-hybridized carbons (Fsp3) is 0.800.